The Bertz CT molecular complexity index is 1580. The van der Waals surface area contributed by atoms with Gasteiger partial charge in [-0.15, -0.1) is 0 Å². The van der Waals surface area contributed by atoms with Gasteiger partial charge in [-0.1, -0.05) is 55.4 Å². The second kappa shape index (κ2) is 18.8. The molecule has 0 heterocycles. The first-order valence-corrected chi connectivity index (χ1v) is 33.1. The summed E-state index contributed by atoms with van der Waals surface area (Å²) >= 11 is 0. The standard InChI is InChI=1S/C68H114N2/c1-43-9-19-55(20-10-43)69(57-23-13-51(14-24-57)67-37-45-29-46(38-67)31-47(30-45)39-67)63-59-27-17-54(66(6,7)8)36-62(59)64(60-28-18-53(35-61(60)63)65(3,4)5)70(56-21-11-44(2)12-22-56)58-25-15-52(16-26-58)68-40-48-32-49(41-68)34-50(33-48)42-68/h43-64H,9-42H2,1-8H3. The summed E-state index contributed by atoms with van der Waals surface area (Å²) in [4.78, 5) is 7.22. The Kier molecular flexibility index (Phi) is 13.3. The predicted molar refractivity (Wildman–Crippen MR) is 294 cm³/mol. The Labute approximate surface area is 434 Å². The maximum atomic E-state index is 3.61. The number of rotatable bonds is 8. The van der Waals surface area contributed by atoms with E-state index in [1.54, 1.807) is 154 Å². The van der Waals surface area contributed by atoms with Crippen molar-refractivity contribution in [1.29, 1.82) is 0 Å². The lowest BCUT2D eigenvalue weighted by Gasteiger charge is -2.67. The van der Waals surface area contributed by atoms with E-state index in [1.807, 2.05) is 0 Å². The third-order valence-electron chi connectivity index (χ3n) is 27.8. The van der Waals surface area contributed by atoms with Crippen LogP contribution in [0.1, 0.15) is 274 Å². The topological polar surface area (TPSA) is 6.48 Å². The number of nitrogens with zero attached hydrogens (tertiary/aromatic N) is 2. The normalized spacial score (nSPS) is 53.6. The molecule has 0 aromatic heterocycles. The van der Waals surface area contributed by atoms with Crippen LogP contribution in [0.5, 0.6) is 0 Å². The Morgan fingerprint density at radius 3 is 0.843 bits per heavy atom. The SMILES string of the molecule is CC1CCC(N(C2CCC(C34CC5CC(CC(C5)C3)C4)CC2)C2C3CCC(C(C)(C)C)CC3C(N(C3CCC(C)CC3)C3CCC(C45CC6CC(CC(C6)C4)C5)CC3)C3CCC(C(C)(C)C)CC32)CC1. The molecule has 2 heteroatoms. The van der Waals surface area contributed by atoms with Crippen LogP contribution in [0.25, 0.3) is 0 Å². The first kappa shape index (κ1) is 49.5. The second-order valence-electron chi connectivity index (χ2n) is 33.7. The van der Waals surface area contributed by atoms with E-state index in [1.165, 1.54) is 64.2 Å². The highest BCUT2D eigenvalue weighted by Crippen LogP contribution is 2.68. The Morgan fingerprint density at radius 2 is 0.571 bits per heavy atom. The maximum absolute atomic E-state index is 3.61. The Hall–Kier alpha value is -0.0800. The highest BCUT2D eigenvalue weighted by Gasteiger charge is 2.62. The molecule has 0 N–H and O–H groups in total. The Balaban J connectivity index is 0.857. The summed E-state index contributed by atoms with van der Waals surface area (Å²) in [5.41, 5.74) is 2.34. The van der Waals surface area contributed by atoms with Gasteiger partial charge in [0.1, 0.15) is 0 Å². The van der Waals surface area contributed by atoms with E-state index in [0.29, 0.717) is 10.8 Å². The number of hydrogen-bond donors (Lipinski definition) is 0. The van der Waals surface area contributed by atoms with Crippen LogP contribution in [0.3, 0.4) is 0 Å². The third kappa shape index (κ3) is 8.99. The summed E-state index contributed by atoms with van der Waals surface area (Å²) in [6.07, 6.45) is 53.4. The lowest BCUT2D eigenvalue weighted by molar-refractivity contribution is -0.170. The van der Waals surface area contributed by atoms with Gasteiger partial charge in [0.05, 0.1) is 0 Å². The summed E-state index contributed by atoms with van der Waals surface area (Å²) < 4.78 is 0. The monoisotopic (exact) mass is 959 g/mol. The highest BCUT2D eigenvalue weighted by molar-refractivity contribution is 5.14. The van der Waals surface area contributed by atoms with Crippen molar-refractivity contribution in [3.8, 4) is 0 Å². The molecule has 0 aromatic rings. The molecule has 2 nitrogen and oxygen atoms in total. The minimum absolute atomic E-state index is 0.418. The zero-order valence-electron chi connectivity index (χ0n) is 47.6. The molecule has 8 atom stereocenters. The molecular formula is C68H114N2. The average Bonchev–Trinajstić information content (AvgIpc) is 3.32. The van der Waals surface area contributed by atoms with Crippen molar-refractivity contribution in [2.24, 2.45) is 116 Å². The van der Waals surface area contributed by atoms with Gasteiger partial charge >= 0.3 is 0 Å². The van der Waals surface area contributed by atoms with Crippen molar-refractivity contribution in [2.75, 3.05) is 0 Å². The maximum Gasteiger partial charge on any atom is 0.0164 e. The van der Waals surface area contributed by atoms with E-state index < -0.39 is 0 Å². The van der Waals surface area contributed by atoms with E-state index in [2.05, 4.69) is 65.2 Å². The smallest absolute Gasteiger partial charge is 0.0164 e. The van der Waals surface area contributed by atoms with E-state index in [4.69, 9.17) is 0 Å². The van der Waals surface area contributed by atoms with Crippen LogP contribution in [0.2, 0.25) is 0 Å². The first-order valence-electron chi connectivity index (χ1n) is 33.1. The predicted octanol–water partition coefficient (Wildman–Crippen LogP) is 18.2. The van der Waals surface area contributed by atoms with Crippen LogP contribution >= 0.6 is 0 Å². The highest BCUT2D eigenvalue weighted by atomic mass is 15.3. The van der Waals surface area contributed by atoms with E-state index >= 15 is 0 Å². The van der Waals surface area contributed by atoms with Crippen LogP contribution < -0.4 is 0 Å². The van der Waals surface area contributed by atoms with Crippen molar-refractivity contribution in [3.05, 3.63) is 0 Å². The van der Waals surface area contributed by atoms with Crippen LogP contribution in [0.4, 0.5) is 0 Å². The van der Waals surface area contributed by atoms with Gasteiger partial charge in [-0.3, -0.25) is 9.80 Å². The van der Waals surface area contributed by atoms with Crippen molar-refractivity contribution >= 4 is 0 Å². The molecule has 15 saturated carbocycles. The summed E-state index contributed by atoms with van der Waals surface area (Å²) in [6, 6.07) is 5.11. The van der Waals surface area contributed by atoms with Crippen LogP contribution in [-0.4, -0.2) is 46.1 Å². The van der Waals surface area contributed by atoms with E-state index in [-0.39, 0.29) is 0 Å². The summed E-state index contributed by atoms with van der Waals surface area (Å²) in [6.45, 7) is 21.3. The number of fused-ring (bicyclic) bond motifs is 2. The fraction of sp³-hybridized carbons (Fsp3) is 1.00. The molecule has 0 spiro atoms. The fourth-order valence-corrected chi connectivity index (χ4v) is 25.2. The molecule has 8 unspecified atom stereocenters. The van der Waals surface area contributed by atoms with Crippen molar-refractivity contribution in [1.82, 2.24) is 9.80 Å². The summed E-state index contributed by atoms with van der Waals surface area (Å²) in [7, 11) is 0. The molecule has 0 saturated heterocycles. The van der Waals surface area contributed by atoms with Crippen LogP contribution in [-0.2, 0) is 0 Å². The first-order chi connectivity index (χ1) is 33.6. The zero-order valence-corrected chi connectivity index (χ0v) is 47.6. The van der Waals surface area contributed by atoms with Crippen molar-refractivity contribution in [2.45, 2.75) is 310 Å². The minimum Gasteiger partial charge on any atom is -0.294 e. The lowest BCUT2D eigenvalue weighted by Crippen LogP contribution is -2.70. The van der Waals surface area contributed by atoms with Gasteiger partial charge in [0.15, 0.2) is 0 Å². The Morgan fingerprint density at radius 1 is 0.300 bits per heavy atom. The van der Waals surface area contributed by atoms with Gasteiger partial charge in [-0.05, 0) is 335 Å². The zero-order chi connectivity index (χ0) is 47.9. The molecule has 8 bridgehead atoms. The molecule has 0 aromatic carbocycles. The number of hydrogen-bond acceptors (Lipinski definition) is 2. The van der Waals surface area contributed by atoms with Gasteiger partial charge < -0.3 is 0 Å². The summed E-state index contributed by atoms with van der Waals surface area (Å²) in [5.74, 6) is 16.0. The van der Waals surface area contributed by atoms with Crippen LogP contribution in [0, 0.1) is 116 Å². The molecule has 70 heavy (non-hydrogen) atoms. The quantitative estimate of drug-likeness (QED) is 0.239. The van der Waals surface area contributed by atoms with E-state index in [9.17, 15) is 0 Å². The lowest BCUT2D eigenvalue weighted by atomic mass is 9.45. The fourth-order valence-electron chi connectivity index (χ4n) is 25.2. The molecule has 15 aliphatic rings. The molecule has 396 valence electrons. The molecule has 15 aliphatic carbocycles. The van der Waals surface area contributed by atoms with Gasteiger partial charge in [0, 0.05) is 36.3 Å². The molecule has 0 amide bonds. The molecule has 15 fully saturated rings. The average molecular weight is 960 g/mol. The minimum atomic E-state index is 0.418. The van der Waals surface area contributed by atoms with Gasteiger partial charge in [0.25, 0.3) is 0 Å². The van der Waals surface area contributed by atoms with Gasteiger partial charge in [-0.25, -0.2) is 0 Å². The molecule has 0 radical (unpaired) electrons. The third-order valence-corrected chi connectivity index (χ3v) is 27.8. The van der Waals surface area contributed by atoms with Gasteiger partial charge in [-0.2, -0.15) is 0 Å². The van der Waals surface area contributed by atoms with Gasteiger partial charge in [0.2, 0.25) is 0 Å². The van der Waals surface area contributed by atoms with Crippen LogP contribution in [0.15, 0.2) is 0 Å². The van der Waals surface area contributed by atoms with Crippen molar-refractivity contribution in [3.63, 3.8) is 0 Å². The van der Waals surface area contributed by atoms with Crippen molar-refractivity contribution < 1.29 is 0 Å². The van der Waals surface area contributed by atoms with E-state index in [0.717, 1.165) is 142 Å². The molecule has 15 rings (SSSR count). The molecular weight excluding hydrogens is 845 g/mol. The largest absolute Gasteiger partial charge is 0.294 e. The second-order valence-corrected chi connectivity index (χ2v) is 33.7. The molecule has 0 aliphatic heterocycles. The summed E-state index contributed by atoms with van der Waals surface area (Å²) in [5, 5.41) is 0.